The SMILES string of the molecule is CC[C@H](C)c1ccc(C(=O)Cn2cnc3ccc(Br)cc3c2=O)cc1. The van der Waals surface area contributed by atoms with E-state index in [2.05, 4.69) is 34.8 Å². The number of aromatic nitrogens is 2. The third-order valence-corrected chi connectivity index (χ3v) is 5.01. The molecule has 1 heterocycles. The molecule has 0 spiro atoms. The van der Waals surface area contributed by atoms with Crippen LogP contribution in [-0.2, 0) is 6.54 Å². The highest BCUT2D eigenvalue weighted by molar-refractivity contribution is 9.10. The van der Waals surface area contributed by atoms with E-state index in [0.717, 1.165) is 10.9 Å². The molecule has 0 bridgehead atoms. The number of carbonyl (C=O) groups excluding carboxylic acids is 1. The normalized spacial score (nSPS) is 12.3. The van der Waals surface area contributed by atoms with E-state index in [4.69, 9.17) is 0 Å². The summed E-state index contributed by atoms with van der Waals surface area (Å²) in [7, 11) is 0. The van der Waals surface area contributed by atoms with Gasteiger partial charge in [0.1, 0.15) is 0 Å². The van der Waals surface area contributed by atoms with Crippen LogP contribution >= 0.6 is 15.9 Å². The van der Waals surface area contributed by atoms with Crippen LogP contribution in [0.5, 0.6) is 0 Å². The Morgan fingerprint density at radius 3 is 2.60 bits per heavy atom. The van der Waals surface area contributed by atoms with Crippen molar-refractivity contribution in [2.75, 3.05) is 0 Å². The number of carbonyl (C=O) groups is 1. The van der Waals surface area contributed by atoms with Crippen molar-refractivity contribution in [3.05, 3.63) is 74.7 Å². The van der Waals surface area contributed by atoms with Crippen LogP contribution in [0.4, 0.5) is 0 Å². The molecule has 2 aromatic carbocycles. The molecule has 4 nitrogen and oxygen atoms in total. The molecule has 0 saturated carbocycles. The number of benzene rings is 2. The van der Waals surface area contributed by atoms with Crippen molar-refractivity contribution in [2.45, 2.75) is 32.7 Å². The zero-order chi connectivity index (χ0) is 18.0. The lowest BCUT2D eigenvalue weighted by atomic mass is 9.97. The maximum absolute atomic E-state index is 12.6. The van der Waals surface area contributed by atoms with E-state index in [-0.39, 0.29) is 17.9 Å². The Bertz CT molecular complexity index is 977. The average Bonchev–Trinajstić information content (AvgIpc) is 2.64. The fraction of sp³-hybridized carbons (Fsp3) is 0.250. The molecule has 1 aromatic heterocycles. The molecule has 5 heteroatoms. The second kappa shape index (κ2) is 7.31. The smallest absolute Gasteiger partial charge is 0.261 e. The first-order valence-corrected chi connectivity index (χ1v) is 9.06. The largest absolute Gasteiger partial charge is 0.292 e. The van der Waals surface area contributed by atoms with Crippen molar-refractivity contribution in [1.29, 1.82) is 0 Å². The summed E-state index contributed by atoms with van der Waals surface area (Å²) >= 11 is 3.36. The van der Waals surface area contributed by atoms with Crippen LogP contribution in [0.25, 0.3) is 10.9 Å². The molecule has 0 radical (unpaired) electrons. The first-order chi connectivity index (χ1) is 12.0. The summed E-state index contributed by atoms with van der Waals surface area (Å²) in [4.78, 5) is 29.4. The lowest BCUT2D eigenvalue weighted by Gasteiger charge is -2.10. The van der Waals surface area contributed by atoms with Gasteiger partial charge >= 0.3 is 0 Å². The number of rotatable bonds is 5. The average molecular weight is 399 g/mol. The molecule has 0 aliphatic heterocycles. The summed E-state index contributed by atoms with van der Waals surface area (Å²) in [5.74, 6) is 0.365. The van der Waals surface area contributed by atoms with E-state index < -0.39 is 0 Å². The molecule has 25 heavy (non-hydrogen) atoms. The summed E-state index contributed by atoms with van der Waals surface area (Å²) in [6, 6.07) is 13.0. The summed E-state index contributed by atoms with van der Waals surface area (Å²) in [6.45, 7) is 4.29. The number of nitrogens with zero attached hydrogens (tertiary/aromatic N) is 2. The van der Waals surface area contributed by atoms with Crippen LogP contribution in [0.15, 0.2) is 58.1 Å². The van der Waals surface area contributed by atoms with Gasteiger partial charge < -0.3 is 0 Å². The van der Waals surface area contributed by atoms with E-state index in [9.17, 15) is 9.59 Å². The molecule has 0 unspecified atom stereocenters. The summed E-state index contributed by atoms with van der Waals surface area (Å²) in [5.41, 5.74) is 2.23. The van der Waals surface area contributed by atoms with Gasteiger partial charge in [0.25, 0.3) is 5.56 Å². The predicted molar refractivity (Wildman–Crippen MR) is 103 cm³/mol. The molecular formula is C20H19BrN2O2. The molecule has 0 aliphatic carbocycles. The Hall–Kier alpha value is -2.27. The summed E-state index contributed by atoms with van der Waals surface area (Å²) in [5, 5.41) is 0.497. The third kappa shape index (κ3) is 3.71. The number of hydrogen-bond donors (Lipinski definition) is 0. The molecule has 3 rings (SSSR count). The molecule has 0 fully saturated rings. The van der Waals surface area contributed by atoms with Crippen molar-refractivity contribution >= 4 is 32.6 Å². The van der Waals surface area contributed by atoms with E-state index in [0.29, 0.717) is 22.4 Å². The van der Waals surface area contributed by atoms with Crippen LogP contribution in [0.3, 0.4) is 0 Å². The van der Waals surface area contributed by atoms with Crippen LogP contribution in [0.2, 0.25) is 0 Å². The predicted octanol–water partition coefficient (Wildman–Crippen LogP) is 4.56. The van der Waals surface area contributed by atoms with E-state index in [1.807, 2.05) is 30.3 Å². The third-order valence-electron chi connectivity index (χ3n) is 4.51. The Kier molecular flexibility index (Phi) is 5.13. The fourth-order valence-electron chi connectivity index (χ4n) is 2.72. The van der Waals surface area contributed by atoms with E-state index in [1.54, 1.807) is 12.1 Å². The molecule has 0 saturated heterocycles. The van der Waals surface area contributed by atoms with Gasteiger partial charge in [0.15, 0.2) is 5.78 Å². The van der Waals surface area contributed by atoms with Gasteiger partial charge in [-0.05, 0) is 36.1 Å². The lowest BCUT2D eigenvalue weighted by Crippen LogP contribution is -2.24. The minimum Gasteiger partial charge on any atom is -0.292 e. The topological polar surface area (TPSA) is 52.0 Å². The van der Waals surface area contributed by atoms with Gasteiger partial charge in [-0.25, -0.2) is 4.98 Å². The number of hydrogen-bond acceptors (Lipinski definition) is 3. The molecule has 3 aromatic rings. The van der Waals surface area contributed by atoms with E-state index in [1.165, 1.54) is 16.5 Å². The molecule has 0 amide bonds. The quantitative estimate of drug-likeness (QED) is 0.592. The molecule has 0 N–H and O–H groups in total. The van der Waals surface area contributed by atoms with Crippen molar-refractivity contribution < 1.29 is 4.79 Å². The van der Waals surface area contributed by atoms with E-state index >= 15 is 0 Å². The molecule has 1 atom stereocenters. The first-order valence-electron chi connectivity index (χ1n) is 8.27. The minimum atomic E-state index is -0.212. The van der Waals surface area contributed by atoms with Gasteiger partial charge in [-0.15, -0.1) is 0 Å². The van der Waals surface area contributed by atoms with Crippen LogP contribution in [0.1, 0.15) is 42.1 Å². The Balaban J connectivity index is 1.87. The van der Waals surface area contributed by atoms with Gasteiger partial charge in [-0.1, -0.05) is 54.0 Å². The van der Waals surface area contributed by atoms with Gasteiger partial charge in [0.2, 0.25) is 0 Å². The zero-order valence-electron chi connectivity index (χ0n) is 14.2. The number of ketones is 1. The standard InChI is InChI=1S/C20H19BrN2O2/c1-3-13(2)14-4-6-15(7-5-14)19(24)11-23-12-22-18-9-8-16(21)10-17(18)20(23)25/h4-10,12-13H,3,11H2,1-2H3/t13-/m0/s1. The first kappa shape index (κ1) is 17.5. The summed E-state index contributed by atoms with van der Waals surface area (Å²) in [6.07, 6.45) is 2.49. The lowest BCUT2D eigenvalue weighted by molar-refractivity contribution is 0.0970. The van der Waals surface area contributed by atoms with Crippen molar-refractivity contribution in [3.63, 3.8) is 0 Å². The molecular weight excluding hydrogens is 380 g/mol. The van der Waals surface area contributed by atoms with Gasteiger partial charge in [-0.3, -0.25) is 14.2 Å². The second-order valence-electron chi connectivity index (χ2n) is 6.19. The maximum atomic E-state index is 12.6. The maximum Gasteiger partial charge on any atom is 0.261 e. The highest BCUT2D eigenvalue weighted by atomic mass is 79.9. The number of halogens is 1. The minimum absolute atomic E-state index is 0.0169. The van der Waals surface area contributed by atoms with Gasteiger partial charge in [0.05, 0.1) is 23.8 Å². The van der Waals surface area contributed by atoms with Gasteiger partial charge in [-0.2, -0.15) is 0 Å². The molecule has 0 aliphatic rings. The summed E-state index contributed by atoms with van der Waals surface area (Å²) < 4.78 is 2.17. The van der Waals surface area contributed by atoms with Crippen molar-refractivity contribution in [3.8, 4) is 0 Å². The van der Waals surface area contributed by atoms with Crippen molar-refractivity contribution in [2.24, 2.45) is 0 Å². The Labute approximate surface area is 154 Å². The van der Waals surface area contributed by atoms with Crippen molar-refractivity contribution in [1.82, 2.24) is 9.55 Å². The zero-order valence-corrected chi connectivity index (χ0v) is 15.8. The number of fused-ring (bicyclic) bond motifs is 1. The highest BCUT2D eigenvalue weighted by Gasteiger charge is 2.11. The fourth-order valence-corrected chi connectivity index (χ4v) is 3.08. The van der Waals surface area contributed by atoms with Gasteiger partial charge in [0, 0.05) is 10.0 Å². The molecule has 128 valence electrons. The Morgan fingerprint density at radius 2 is 1.92 bits per heavy atom. The van der Waals surface area contributed by atoms with Crippen LogP contribution in [0, 0.1) is 0 Å². The highest BCUT2D eigenvalue weighted by Crippen LogP contribution is 2.19. The van der Waals surface area contributed by atoms with Crippen LogP contribution in [-0.4, -0.2) is 15.3 Å². The second-order valence-corrected chi connectivity index (χ2v) is 7.11. The Morgan fingerprint density at radius 1 is 1.20 bits per heavy atom. The van der Waals surface area contributed by atoms with Crippen LogP contribution < -0.4 is 5.56 Å². The number of Topliss-reactive ketones (excluding diaryl/α,β-unsaturated/α-hetero) is 1. The monoisotopic (exact) mass is 398 g/mol.